The highest BCUT2D eigenvalue weighted by Crippen LogP contribution is 2.31. The lowest BCUT2D eigenvalue weighted by Crippen LogP contribution is -2.10. The van der Waals surface area contributed by atoms with Crippen LogP contribution < -0.4 is 0 Å². The maximum Gasteiger partial charge on any atom is 0.319 e. The molecule has 0 amide bonds. The topological polar surface area (TPSA) is 69.4 Å². The normalized spacial score (nSPS) is 23.0. The molecule has 2 aromatic rings. The standard InChI is InChI=1S/C12H14N4O2S/c1-6-4-10-14-15-12(16(10)8(3)13-6)19-9-5-7(2)18-11(9)17/h4,7,9H,5H2,1-3H3/t7-,9-/m0/s1. The molecule has 0 aliphatic carbocycles. The van der Waals surface area contributed by atoms with E-state index in [4.69, 9.17) is 4.74 Å². The summed E-state index contributed by atoms with van der Waals surface area (Å²) in [6, 6.07) is 1.87. The third-order valence-electron chi connectivity index (χ3n) is 3.03. The van der Waals surface area contributed by atoms with Crippen molar-refractivity contribution in [3.05, 3.63) is 17.6 Å². The number of fused-ring (bicyclic) bond motifs is 1. The van der Waals surface area contributed by atoms with E-state index in [0.717, 1.165) is 17.2 Å². The molecule has 0 saturated carbocycles. The number of aryl methyl sites for hydroxylation is 2. The lowest BCUT2D eigenvalue weighted by Gasteiger charge is -2.05. The molecule has 0 unspecified atom stereocenters. The van der Waals surface area contributed by atoms with Crippen LogP contribution in [0, 0.1) is 13.8 Å². The van der Waals surface area contributed by atoms with E-state index >= 15 is 0 Å². The van der Waals surface area contributed by atoms with Gasteiger partial charge in [0.05, 0.1) is 0 Å². The highest BCUT2D eigenvalue weighted by atomic mass is 32.2. The second kappa shape index (κ2) is 4.48. The smallest absolute Gasteiger partial charge is 0.319 e. The number of carbonyl (C=O) groups excluding carboxylic acids is 1. The van der Waals surface area contributed by atoms with E-state index in [0.29, 0.717) is 11.6 Å². The first kappa shape index (κ1) is 12.4. The largest absolute Gasteiger partial charge is 0.462 e. The highest BCUT2D eigenvalue weighted by molar-refractivity contribution is 8.00. The minimum atomic E-state index is -0.205. The Labute approximate surface area is 114 Å². The highest BCUT2D eigenvalue weighted by Gasteiger charge is 2.34. The fraction of sp³-hybridized carbons (Fsp3) is 0.500. The quantitative estimate of drug-likeness (QED) is 0.776. The van der Waals surface area contributed by atoms with Gasteiger partial charge in [0, 0.05) is 18.2 Å². The number of rotatable bonds is 2. The molecule has 1 aliphatic heterocycles. The molecule has 6 nitrogen and oxygen atoms in total. The van der Waals surface area contributed by atoms with Gasteiger partial charge in [-0.1, -0.05) is 11.8 Å². The summed E-state index contributed by atoms with van der Waals surface area (Å²) < 4.78 is 7.02. The third-order valence-corrected chi connectivity index (χ3v) is 4.18. The zero-order valence-corrected chi connectivity index (χ0v) is 11.8. The number of thioether (sulfide) groups is 1. The lowest BCUT2D eigenvalue weighted by atomic mass is 10.3. The first-order chi connectivity index (χ1) is 9.04. The maximum atomic E-state index is 11.7. The number of cyclic esters (lactones) is 1. The predicted octanol–water partition coefficient (Wildman–Crippen LogP) is 1.54. The number of carbonyl (C=O) groups is 1. The van der Waals surface area contributed by atoms with Gasteiger partial charge in [-0.25, -0.2) is 4.98 Å². The zero-order valence-electron chi connectivity index (χ0n) is 11.0. The summed E-state index contributed by atoms with van der Waals surface area (Å²) in [5.74, 6) is 0.647. The number of aromatic nitrogens is 4. The summed E-state index contributed by atoms with van der Waals surface area (Å²) in [4.78, 5) is 16.1. The first-order valence-corrected chi connectivity index (χ1v) is 6.99. The minimum absolute atomic E-state index is 0.0225. The Bertz CT molecular complexity index is 654. The molecular weight excluding hydrogens is 264 g/mol. The molecular formula is C12H14N4O2S. The van der Waals surface area contributed by atoms with Crippen molar-refractivity contribution in [2.75, 3.05) is 0 Å². The Balaban J connectivity index is 1.96. The molecule has 0 spiro atoms. The molecule has 1 fully saturated rings. The third kappa shape index (κ3) is 2.18. The van der Waals surface area contributed by atoms with E-state index < -0.39 is 0 Å². The second-order valence-electron chi connectivity index (χ2n) is 4.71. The van der Waals surface area contributed by atoms with E-state index in [1.165, 1.54) is 11.8 Å². The van der Waals surface area contributed by atoms with Gasteiger partial charge in [-0.05, 0) is 20.8 Å². The SMILES string of the molecule is Cc1cc2nnc(S[C@H]3C[C@H](C)OC3=O)n2c(C)n1. The van der Waals surface area contributed by atoms with Crippen molar-refractivity contribution in [2.45, 2.75) is 43.7 Å². The molecule has 1 aliphatic rings. The van der Waals surface area contributed by atoms with Gasteiger partial charge in [0.1, 0.15) is 17.2 Å². The molecule has 7 heteroatoms. The van der Waals surface area contributed by atoms with Gasteiger partial charge in [-0.15, -0.1) is 10.2 Å². The van der Waals surface area contributed by atoms with Crippen LogP contribution in [-0.2, 0) is 9.53 Å². The van der Waals surface area contributed by atoms with Crippen molar-refractivity contribution in [3.63, 3.8) is 0 Å². The Hall–Kier alpha value is -1.63. The van der Waals surface area contributed by atoms with Crippen LogP contribution in [0.3, 0.4) is 0 Å². The van der Waals surface area contributed by atoms with Crippen molar-refractivity contribution in [3.8, 4) is 0 Å². The van der Waals surface area contributed by atoms with Gasteiger partial charge in [0.15, 0.2) is 10.8 Å². The van der Waals surface area contributed by atoms with Crippen molar-refractivity contribution < 1.29 is 9.53 Å². The number of nitrogens with zero attached hydrogens (tertiary/aromatic N) is 4. The summed E-state index contributed by atoms with van der Waals surface area (Å²) >= 11 is 1.39. The zero-order chi connectivity index (χ0) is 13.6. The molecule has 3 rings (SSSR count). The molecule has 2 aromatic heterocycles. The summed E-state index contributed by atoms with van der Waals surface area (Å²) in [7, 11) is 0. The van der Waals surface area contributed by atoms with Crippen molar-refractivity contribution in [1.82, 2.24) is 19.6 Å². The molecule has 3 heterocycles. The summed E-state index contributed by atoms with van der Waals surface area (Å²) in [6.07, 6.45) is 0.683. The van der Waals surface area contributed by atoms with Gasteiger partial charge >= 0.3 is 5.97 Å². The van der Waals surface area contributed by atoms with Crippen molar-refractivity contribution in [2.24, 2.45) is 0 Å². The van der Waals surface area contributed by atoms with E-state index in [1.54, 1.807) is 0 Å². The predicted molar refractivity (Wildman–Crippen MR) is 70.1 cm³/mol. The van der Waals surface area contributed by atoms with Gasteiger partial charge < -0.3 is 4.74 Å². The summed E-state index contributed by atoms with van der Waals surface area (Å²) in [5, 5.41) is 8.76. The van der Waals surface area contributed by atoms with Crippen LogP contribution in [0.2, 0.25) is 0 Å². The summed E-state index contributed by atoms with van der Waals surface area (Å²) in [6.45, 7) is 5.73. The molecule has 19 heavy (non-hydrogen) atoms. The van der Waals surface area contributed by atoms with Crippen LogP contribution >= 0.6 is 11.8 Å². The molecule has 1 saturated heterocycles. The molecule has 0 N–H and O–H groups in total. The van der Waals surface area contributed by atoms with Crippen LogP contribution in [0.1, 0.15) is 24.9 Å². The summed E-state index contributed by atoms with van der Waals surface area (Å²) in [5.41, 5.74) is 1.66. The van der Waals surface area contributed by atoms with E-state index in [9.17, 15) is 4.79 Å². The molecule has 0 bridgehead atoms. The lowest BCUT2D eigenvalue weighted by molar-refractivity contribution is -0.140. The van der Waals surface area contributed by atoms with Crippen LogP contribution in [-0.4, -0.2) is 36.9 Å². The number of hydrogen-bond donors (Lipinski definition) is 0. The molecule has 2 atom stereocenters. The monoisotopic (exact) mass is 278 g/mol. The Morgan fingerprint density at radius 3 is 2.89 bits per heavy atom. The van der Waals surface area contributed by atoms with E-state index in [-0.39, 0.29) is 17.3 Å². The van der Waals surface area contributed by atoms with Crippen LogP contribution in [0.15, 0.2) is 11.2 Å². The van der Waals surface area contributed by atoms with Crippen LogP contribution in [0.4, 0.5) is 0 Å². The Morgan fingerprint density at radius 2 is 2.21 bits per heavy atom. The van der Waals surface area contributed by atoms with Gasteiger partial charge in [0.25, 0.3) is 0 Å². The van der Waals surface area contributed by atoms with Gasteiger partial charge in [0.2, 0.25) is 0 Å². The Morgan fingerprint density at radius 1 is 1.42 bits per heavy atom. The number of hydrogen-bond acceptors (Lipinski definition) is 6. The average Bonchev–Trinajstić information content (AvgIpc) is 2.84. The van der Waals surface area contributed by atoms with E-state index in [1.807, 2.05) is 31.2 Å². The van der Waals surface area contributed by atoms with E-state index in [2.05, 4.69) is 15.2 Å². The van der Waals surface area contributed by atoms with Gasteiger partial charge in [-0.3, -0.25) is 9.20 Å². The fourth-order valence-corrected chi connectivity index (χ4v) is 3.42. The molecule has 0 radical (unpaired) electrons. The van der Waals surface area contributed by atoms with Crippen LogP contribution in [0.5, 0.6) is 0 Å². The maximum absolute atomic E-state index is 11.7. The van der Waals surface area contributed by atoms with Crippen LogP contribution in [0.25, 0.3) is 5.65 Å². The van der Waals surface area contributed by atoms with Crippen molar-refractivity contribution in [1.29, 1.82) is 0 Å². The minimum Gasteiger partial charge on any atom is -0.462 e. The molecule has 0 aromatic carbocycles. The Kier molecular flexibility index (Phi) is 2.93. The second-order valence-corrected chi connectivity index (χ2v) is 5.88. The number of esters is 1. The first-order valence-electron chi connectivity index (χ1n) is 6.11. The fourth-order valence-electron chi connectivity index (χ4n) is 2.22. The average molecular weight is 278 g/mol. The van der Waals surface area contributed by atoms with Crippen molar-refractivity contribution >= 4 is 23.4 Å². The number of ether oxygens (including phenoxy) is 1. The molecule has 100 valence electrons. The van der Waals surface area contributed by atoms with Gasteiger partial charge in [-0.2, -0.15) is 0 Å².